The van der Waals surface area contributed by atoms with E-state index in [2.05, 4.69) is 43.8 Å². The molecular formula is C18H22N2OS. The van der Waals surface area contributed by atoms with E-state index in [-0.39, 0.29) is 11.3 Å². The van der Waals surface area contributed by atoms with E-state index in [0.717, 1.165) is 10.5 Å². The zero-order valence-electron chi connectivity index (χ0n) is 13.6. The van der Waals surface area contributed by atoms with Crippen molar-refractivity contribution in [2.45, 2.75) is 39.7 Å². The molecule has 116 valence electrons. The average Bonchev–Trinajstić information content (AvgIpc) is 2.78. The maximum absolute atomic E-state index is 12.3. The van der Waals surface area contributed by atoms with Gasteiger partial charge in [0.1, 0.15) is 0 Å². The van der Waals surface area contributed by atoms with Crippen LogP contribution in [0.1, 0.15) is 41.7 Å². The van der Waals surface area contributed by atoms with Crippen molar-refractivity contribution in [1.29, 1.82) is 0 Å². The fourth-order valence-electron chi connectivity index (χ4n) is 2.34. The van der Waals surface area contributed by atoms with E-state index in [1.54, 1.807) is 23.5 Å². The monoisotopic (exact) mass is 314 g/mol. The summed E-state index contributed by atoms with van der Waals surface area (Å²) in [5.74, 6) is -0.208. The maximum Gasteiger partial charge on any atom is 0.279 e. The quantitative estimate of drug-likeness (QED) is 0.786. The summed E-state index contributed by atoms with van der Waals surface area (Å²) < 4.78 is 2.05. The third kappa shape index (κ3) is 3.45. The number of allylic oxidation sites excluding steroid dienone is 1. The van der Waals surface area contributed by atoms with Gasteiger partial charge in [0.25, 0.3) is 5.91 Å². The molecule has 0 saturated heterocycles. The predicted molar refractivity (Wildman–Crippen MR) is 92.3 cm³/mol. The highest BCUT2D eigenvalue weighted by molar-refractivity contribution is 7.09. The van der Waals surface area contributed by atoms with Gasteiger partial charge in [0.2, 0.25) is 0 Å². The van der Waals surface area contributed by atoms with Crippen LogP contribution in [0.5, 0.6) is 0 Å². The van der Waals surface area contributed by atoms with Crippen molar-refractivity contribution in [2.24, 2.45) is 4.99 Å². The van der Waals surface area contributed by atoms with Gasteiger partial charge in [0, 0.05) is 22.7 Å². The Morgan fingerprint density at radius 1 is 1.32 bits per heavy atom. The number of hydrogen-bond donors (Lipinski definition) is 0. The molecule has 0 aliphatic carbocycles. The molecule has 0 unspecified atom stereocenters. The van der Waals surface area contributed by atoms with E-state index in [0.29, 0.717) is 12.1 Å². The number of thiazole rings is 1. The maximum atomic E-state index is 12.3. The molecule has 0 bridgehead atoms. The summed E-state index contributed by atoms with van der Waals surface area (Å²) in [5.41, 5.74) is 1.79. The SMILES string of the molecule is C=CCn1c(C)c(C(C)(C)C)s/c1=N\C(=O)c1ccccc1. The lowest BCUT2D eigenvalue weighted by Crippen LogP contribution is -2.18. The van der Waals surface area contributed by atoms with Crippen molar-refractivity contribution < 1.29 is 4.79 Å². The van der Waals surface area contributed by atoms with E-state index in [1.165, 1.54) is 4.88 Å². The number of carbonyl (C=O) groups excluding carboxylic acids is 1. The van der Waals surface area contributed by atoms with Crippen molar-refractivity contribution in [1.82, 2.24) is 4.57 Å². The van der Waals surface area contributed by atoms with E-state index >= 15 is 0 Å². The second-order valence-corrected chi connectivity index (χ2v) is 7.21. The lowest BCUT2D eigenvalue weighted by Gasteiger charge is -2.17. The Morgan fingerprint density at radius 3 is 2.50 bits per heavy atom. The molecule has 4 heteroatoms. The molecule has 0 atom stereocenters. The number of aromatic nitrogens is 1. The van der Waals surface area contributed by atoms with Gasteiger partial charge in [0.15, 0.2) is 4.80 Å². The number of benzene rings is 1. The molecule has 1 amide bonds. The van der Waals surface area contributed by atoms with E-state index in [4.69, 9.17) is 0 Å². The molecule has 0 radical (unpaired) electrons. The van der Waals surface area contributed by atoms with Crippen LogP contribution in [0.3, 0.4) is 0 Å². The number of amides is 1. The van der Waals surface area contributed by atoms with Gasteiger partial charge in [-0.3, -0.25) is 4.79 Å². The highest BCUT2D eigenvalue weighted by Gasteiger charge is 2.21. The van der Waals surface area contributed by atoms with Gasteiger partial charge in [-0.25, -0.2) is 0 Å². The van der Waals surface area contributed by atoms with Crippen LogP contribution in [-0.4, -0.2) is 10.5 Å². The minimum atomic E-state index is -0.208. The number of carbonyl (C=O) groups is 1. The van der Waals surface area contributed by atoms with Crippen molar-refractivity contribution in [3.63, 3.8) is 0 Å². The molecule has 1 aromatic carbocycles. The summed E-state index contributed by atoms with van der Waals surface area (Å²) in [6.45, 7) is 13.1. The van der Waals surface area contributed by atoms with Gasteiger partial charge in [-0.15, -0.1) is 17.9 Å². The Bertz CT molecular complexity index is 746. The topological polar surface area (TPSA) is 34.4 Å². The molecule has 0 aliphatic rings. The van der Waals surface area contributed by atoms with Gasteiger partial charge in [-0.2, -0.15) is 4.99 Å². The number of nitrogens with zero attached hydrogens (tertiary/aromatic N) is 2. The van der Waals surface area contributed by atoms with Crippen LogP contribution in [0, 0.1) is 6.92 Å². The second kappa shape index (κ2) is 6.44. The third-order valence-corrected chi connectivity index (χ3v) is 4.97. The minimum Gasteiger partial charge on any atom is -0.317 e. The summed E-state index contributed by atoms with van der Waals surface area (Å²) in [6, 6.07) is 9.16. The summed E-state index contributed by atoms with van der Waals surface area (Å²) in [6.07, 6.45) is 1.83. The first kappa shape index (κ1) is 16.4. The Labute approximate surface area is 135 Å². The van der Waals surface area contributed by atoms with Crippen LogP contribution < -0.4 is 4.80 Å². The molecule has 2 rings (SSSR count). The molecule has 1 aromatic heterocycles. The molecule has 2 aromatic rings. The molecular weight excluding hydrogens is 292 g/mol. The van der Waals surface area contributed by atoms with Gasteiger partial charge < -0.3 is 4.57 Å². The van der Waals surface area contributed by atoms with Crippen LogP contribution >= 0.6 is 11.3 Å². The standard InChI is InChI=1S/C18H22N2OS/c1-6-12-20-13(2)15(18(3,4)5)22-17(20)19-16(21)14-10-8-7-9-11-14/h6-11H,1,12H2,2-5H3/b19-17-. The highest BCUT2D eigenvalue weighted by Crippen LogP contribution is 2.28. The Hall–Kier alpha value is -1.94. The lowest BCUT2D eigenvalue weighted by atomic mass is 9.93. The van der Waals surface area contributed by atoms with Crippen LogP contribution in [0.15, 0.2) is 48.0 Å². The first-order chi connectivity index (χ1) is 10.3. The summed E-state index contributed by atoms with van der Waals surface area (Å²) in [5, 5.41) is 0. The Balaban J connectivity index is 2.57. The van der Waals surface area contributed by atoms with E-state index in [1.807, 2.05) is 24.3 Å². The Morgan fingerprint density at radius 2 is 1.95 bits per heavy atom. The van der Waals surface area contributed by atoms with Crippen molar-refractivity contribution in [3.05, 3.63) is 63.9 Å². The zero-order valence-corrected chi connectivity index (χ0v) is 14.4. The van der Waals surface area contributed by atoms with Gasteiger partial charge in [-0.1, -0.05) is 45.0 Å². The molecule has 0 spiro atoms. The fourth-order valence-corrected chi connectivity index (χ4v) is 3.54. The molecule has 0 saturated carbocycles. The van der Waals surface area contributed by atoms with Gasteiger partial charge in [-0.05, 0) is 24.5 Å². The number of rotatable bonds is 3. The van der Waals surface area contributed by atoms with Crippen LogP contribution in [0.4, 0.5) is 0 Å². The number of hydrogen-bond acceptors (Lipinski definition) is 2. The molecule has 0 aliphatic heterocycles. The van der Waals surface area contributed by atoms with Crippen molar-refractivity contribution >= 4 is 17.2 Å². The minimum absolute atomic E-state index is 0.0290. The third-order valence-electron chi connectivity index (χ3n) is 3.37. The zero-order chi connectivity index (χ0) is 16.3. The van der Waals surface area contributed by atoms with Crippen LogP contribution in [0.2, 0.25) is 0 Å². The molecule has 1 heterocycles. The summed E-state index contributed by atoms with van der Waals surface area (Å²) in [7, 11) is 0. The smallest absolute Gasteiger partial charge is 0.279 e. The fraction of sp³-hybridized carbons (Fsp3) is 0.333. The molecule has 22 heavy (non-hydrogen) atoms. The summed E-state index contributed by atoms with van der Waals surface area (Å²) >= 11 is 1.58. The van der Waals surface area contributed by atoms with Gasteiger partial charge >= 0.3 is 0 Å². The largest absolute Gasteiger partial charge is 0.317 e. The van der Waals surface area contributed by atoms with E-state index < -0.39 is 0 Å². The highest BCUT2D eigenvalue weighted by atomic mass is 32.1. The normalized spacial score (nSPS) is 12.5. The first-order valence-electron chi connectivity index (χ1n) is 7.30. The Kier molecular flexibility index (Phi) is 4.81. The van der Waals surface area contributed by atoms with Crippen molar-refractivity contribution in [2.75, 3.05) is 0 Å². The second-order valence-electron chi connectivity index (χ2n) is 6.23. The predicted octanol–water partition coefficient (Wildman–Crippen LogP) is 4.08. The van der Waals surface area contributed by atoms with Crippen molar-refractivity contribution in [3.8, 4) is 0 Å². The van der Waals surface area contributed by atoms with Gasteiger partial charge in [0.05, 0.1) is 0 Å². The van der Waals surface area contributed by atoms with Crippen LogP contribution in [-0.2, 0) is 12.0 Å². The average molecular weight is 314 g/mol. The molecule has 3 nitrogen and oxygen atoms in total. The molecule has 0 N–H and O–H groups in total. The first-order valence-corrected chi connectivity index (χ1v) is 8.12. The van der Waals surface area contributed by atoms with Crippen LogP contribution in [0.25, 0.3) is 0 Å². The molecule has 0 fully saturated rings. The summed E-state index contributed by atoms with van der Waals surface area (Å²) in [4.78, 5) is 18.7. The lowest BCUT2D eigenvalue weighted by molar-refractivity contribution is 0.0998. The van der Waals surface area contributed by atoms with E-state index in [9.17, 15) is 4.79 Å².